The maximum atomic E-state index is 12.3. The summed E-state index contributed by atoms with van der Waals surface area (Å²) < 4.78 is 29.0. The summed E-state index contributed by atoms with van der Waals surface area (Å²) in [7, 11) is 1.81. The van der Waals surface area contributed by atoms with Crippen molar-refractivity contribution >= 4 is 11.6 Å². The summed E-state index contributed by atoms with van der Waals surface area (Å²) in [5, 5.41) is 3.73. The van der Waals surface area contributed by atoms with Gasteiger partial charge in [-0.3, -0.25) is 4.98 Å². The molecule has 1 atom stereocenters. The minimum absolute atomic E-state index is 0.0638. The van der Waals surface area contributed by atoms with Crippen LogP contribution in [0.1, 0.15) is 17.2 Å². The summed E-state index contributed by atoms with van der Waals surface area (Å²) >= 11 is 6.10. The van der Waals surface area contributed by atoms with Crippen LogP contribution in [-0.2, 0) is 6.42 Å². The average molecular weight is 313 g/mol. The number of aromatic nitrogens is 1. The first-order valence-corrected chi connectivity index (χ1v) is 6.78. The number of hydrogen-bond donors (Lipinski definition) is 1. The number of ether oxygens (including phenoxy) is 1. The van der Waals surface area contributed by atoms with Gasteiger partial charge in [-0.15, -0.1) is 0 Å². The van der Waals surface area contributed by atoms with Crippen LogP contribution in [0.25, 0.3) is 0 Å². The molecular weight excluding hydrogens is 298 g/mol. The van der Waals surface area contributed by atoms with Crippen LogP contribution in [-0.4, -0.2) is 18.6 Å². The second kappa shape index (κ2) is 7.33. The molecule has 1 aromatic heterocycles. The van der Waals surface area contributed by atoms with Gasteiger partial charge in [0.05, 0.1) is 5.02 Å². The third kappa shape index (κ3) is 4.37. The smallest absolute Gasteiger partial charge is 0.387 e. The number of halogens is 3. The predicted octanol–water partition coefficient (Wildman–Crippen LogP) is 3.84. The van der Waals surface area contributed by atoms with Crippen molar-refractivity contribution in [2.45, 2.75) is 19.1 Å². The minimum Gasteiger partial charge on any atom is -0.435 e. The molecule has 6 heteroatoms. The van der Waals surface area contributed by atoms with E-state index in [2.05, 4.69) is 15.0 Å². The van der Waals surface area contributed by atoms with Gasteiger partial charge in [0.15, 0.2) is 0 Å². The Kier molecular flexibility index (Phi) is 5.47. The van der Waals surface area contributed by atoms with Crippen molar-refractivity contribution < 1.29 is 13.5 Å². The molecule has 2 aromatic rings. The first-order chi connectivity index (χ1) is 10.1. The number of pyridine rings is 1. The molecule has 1 heterocycles. The lowest BCUT2D eigenvalue weighted by Gasteiger charge is -2.18. The maximum absolute atomic E-state index is 12.3. The quantitative estimate of drug-likeness (QED) is 0.880. The molecule has 0 aliphatic rings. The monoisotopic (exact) mass is 312 g/mol. The Bertz CT molecular complexity index is 595. The van der Waals surface area contributed by atoms with Crippen molar-refractivity contribution in [3.05, 3.63) is 58.9 Å². The summed E-state index contributed by atoms with van der Waals surface area (Å²) in [4.78, 5) is 3.94. The largest absolute Gasteiger partial charge is 0.435 e. The van der Waals surface area contributed by atoms with E-state index in [0.29, 0.717) is 11.4 Å². The third-order valence-corrected chi connectivity index (χ3v) is 3.45. The number of nitrogens with one attached hydrogen (secondary N) is 1. The molecule has 2 rings (SSSR count). The molecule has 1 aromatic carbocycles. The number of alkyl halides is 2. The Morgan fingerprint density at radius 2 is 2.14 bits per heavy atom. The summed E-state index contributed by atoms with van der Waals surface area (Å²) in [6, 6.07) is 8.42. The van der Waals surface area contributed by atoms with Crippen LogP contribution in [0.5, 0.6) is 5.75 Å². The molecule has 0 saturated carbocycles. The molecule has 0 fully saturated rings. The van der Waals surface area contributed by atoms with Crippen molar-refractivity contribution in [3.8, 4) is 5.75 Å². The molecule has 1 N–H and O–H groups in total. The van der Waals surface area contributed by atoms with Gasteiger partial charge in [0, 0.05) is 18.4 Å². The summed E-state index contributed by atoms with van der Waals surface area (Å²) in [5.74, 6) is 0.142. The second-order valence-corrected chi connectivity index (χ2v) is 4.87. The van der Waals surface area contributed by atoms with E-state index in [1.54, 1.807) is 31.6 Å². The van der Waals surface area contributed by atoms with Crippen LogP contribution in [0.15, 0.2) is 42.7 Å². The summed E-state index contributed by atoms with van der Waals surface area (Å²) in [5.41, 5.74) is 1.79. The van der Waals surface area contributed by atoms with Crippen LogP contribution in [0.3, 0.4) is 0 Å². The zero-order chi connectivity index (χ0) is 15.2. The Balaban J connectivity index is 2.19. The highest BCUT2D eigenvalue weighted by atomic mass is 35.5. The van der Waals surface area contributed by atoms with E-state index in [-0.39, 0.29) is 11.8 Å². The topological polar surface area (TPSA) is 34.2 Å². The molecule has 0 spiro atoms. The van der Waals surface area contributed by atoms with Crippen LogP contribution in [0.4, 0.5) is 8.78 Å². The van der Waals surface area contributed by atoms with E-state index >= 15 is 0 Å². The SMILES string of the molecule is CNC(Cc1ccncc1Cl)c1cccc(OC(F)F)c1. The van der Waals surface area contributed by atoms with Gasteiger partial charge in [-0.2, -0.15) is 8.78 Å². The maximum Gasteiger partial charge on any atom is 0.387 e. The fourth-order valence-electron chi connectivity index (χ4n) is 2.08. The third-order valence-electron chi connectivity index (χ3n) is 3.11. The highest BCUT2D eigenvalue weighted by Crippen LogP contribution is 2.25. The molecule has 0 amide bonds. The molecule has 3 nitrogen and oxygen atoms in total. The van der Waals surface area contributed by atoms with Gasteiger partial charge in [-0.05, 0) is 42.8 Å². The number of hydrogen-bond acceptors (Lipinski definition) is 3. The molecular formula is C15H15ClF2N2O. The van der Waals surface area contributed by atoms with E-state index in [1.807, 2.05) is 12.1 Å². The Hall–Kier alpha value is -1.72. The normalized spacial score (nSPS) is 12.4. The zero-order valence-corrected chi connectivity index (χ0v) is 12.1. The van der Waals surface area contributed by atoms with Crippen molar-refractivity contribution in [1.82, 2.24) is 10.3 Å². The van der Waals surface area contributed by atoms with Crippen LogP contribution in [0, 0.1) is 0 Å². The lowest BCUT2D eigenvalue weighted by molar-refractivity contribution is -0.0499. The second-order valence-electron chi connectivity index (χ2n) is 4.46. The standard InChI is InChI=1S/C15H15ClF2N2O/c1-19-14(8-10-5-6-20-9-13(10)16)11-3-2-4-12(7-11)21-15(17)18/h2-7,9,14-15,19H,8H2,1H3. The highest BCUT2D eigenvalue weighted by molar-refractivity contribution is 6.31. The molecule has 1 unspecified atom stereocenters. The van der Waals surface area contributed by atoms with E-state index in [4.69, 9.17) is 11.6 Å². The van der Waals surface area contributed by atoms with E-state index < -0.39 is 6.61 Å². The highest BCUT2D eigenvalue weighted by Gasteiger charge is 2.14. The molecule has 0 radical (unpaired) electrons. The molecule has 112 valence electrons. The molecule has 0 saturated heterocycles. The summed E-state index contributed by atoms with van der Waals surface area (Å²) in [6.07, 6.45) is 3.88. The average Bonchev–Trinajstić information content (AvgIpc) is 2.46. The molecule has 0 aliphatic carbocycles. The van der Waals surface area contributed by atoms with Gasteiger partial charge in [0.1, 0.15) is 5.75 Å². The van der Waals surface area contributed by atoms with Crippen molar-refractivity contribution in [1.29, 1.82) is 0 Å². The fourth-order valence-corrected chi connectivity index (χ4v) is 2.28. The van der Waals surface area contributed by atoms with Gasteiger partial charge < -0.3 is 10.1 Å². The first-order valence-electron chi connectivity index (χ1n) is 6.40. The van der Waals surface area contributed by atoms with Crippen LogP contribution >= 0.6 is 11.6 Å². The number of rotatable bonds is 6. The van der Waals surface area contributed by atoms with Crippen molar-refractivity contribution in [2.75, 3.05) is 7.05 Å². The predicted molar refractivity (Wildman–Crippen MR) is 77.8 cm³/mol. The summed E-state index contributed by atoms with van der Waals surface area (Å²) in [6.45, 7) is -2.83. The first kappa shape index (κ1) is 15.7. The fraction of sp³-hybridized carbons (Fsp3) is 0.267. The lowest BCUT2D eigenvalue weighted by Crippen LogP contribution is -2.19. The van der Waals surface area contributed by atoms with Gasteiger partial charge in [0.2, 0.25) is 0 Å². The molecule has 0 aliphatic heterocycles. The van der Waals surface area contributed by atoms with E-state index in [1.165, 1.54) is 6.07 Å². The number of benzene rings is 1. The van der Waals surface area contributed by atoms with Crippen LogP contribution < -0.4 is 10.1 Å². The van der Waals surface area contributed by atoms with Gasteiger partial charge in [-0.1, -0.05) is 23.7 Å². The van der Waals surface area contributed by atoms with Crippen LogP contribution in [0.2, 0.25) is 5.02 Å². The van der Waals surface area contributed by atoms with E-state index in [0.717, 1.165) is 11.1 Å². The van der Waals surface area contributed by atoms with Gasteiger partial charge in [0.25, 0.3) is 0 Å². The minimum atomic E-state index is -2.83. The number of nitrogens with zero attached hydrogens (tertiary/aromatic N) is 1. The Morgan fingerprint density at radius 3 is 2.81 bits per heavy atom. The lowest BCUT2D eigenvalue weighted by atomic mass is 9.99. The van der Waals surface area contributed by atoms with E-state index in [9.17, 15) is 8.78 Å². The Labute approximate surface area is 126 Å². The van der Waals surface area contributed by atoms with Gasteiger partial charge >= 0.3 is 6.61 Å². The number of likely N-dealkylation sites (N-methyl/N-ethyl adjacent to an activating group) is 1. The van der Waals surface area contributed by atoms with Crippen molar-refractivity contribution in [3.63, 3.8) is 0 Å². The van der Waals surface area contributed by atoms with Crippen molar-refractivity contribution in [2.24, 2.45) is 0 Å². The zero-order valence-electron chi connectivity index (χ0n) is 11.4. The molecule has 0 bridgehead atoms. The Morgan fingerprint density at radius 1 is 1.33 bits per heavy atom. The van der Waals surface area contributed by atoms with Gasteiger partial charge in [-0.25, -0.2) is 0 Å². The molecule has 21 heavy (non-hydrogen) atoms.